The molecule has 3 rings (SSSR count). The smallest absolute Gasteiger partial charge is 0.255 e. The van der Waals surface area contributed by atoms with Gasteiger partial charge in [0.1, 0.15) is 0 Å². The molecule has 126 valence electrons. The Balaban J connectivity index is 1.52. The maximum absolute atomic E-state index is 12.2. The number of nitrogens with one attached hydrogen (secondary N) is 2. The van der Waals surface area contributed by atoms with Crippen molar-refractivity contribution in [1.82, 2.24) is 5.32 Å². The van der Waals surface area contributed by atoms with E-state index < -0.39 is 0 Å². The third kappa shape index (κ3) is 4.83. The zero-order valence-corrected chi connectivity index (χ0v) is 14.5. The summed E-state index contributed by atoms with van der Waals surface area (Å²) in [5.74, 6) is 0.677. The van der Waals surface area contributed by atoms with Gasteiger partial charge in [-0.25, -0.2) is 0 Å². The van der Waals surface area contributed by atoms with Crippen molar-refractivity contribution in [2.24, 2.45) is 5.92 Å². The summed E-state index contributed by atoms with van der Waals surface area (Å²) in [5.41, 5.74) is 2.75. The van der Waals surface area contributed by atoms with E-state index in [4.69, 9.17) is 11.6 Å². The van der Waals surface area contributed by atoms with Crippen molar-refractivity contribution in [2.45, 2.75) is 25.7 Å². The van der Waals surface area contributed by atoms with Gasteiger partial charge in [-0.15, -0.1) is 0 Å². The molecule has 0 bridgehead atoms. The number of benzene rings is 2. The Bertz CT molecular complexity index is 661. The first kappa shape index (κ1) is 17.0. The van der Waals surface area contributed by atoms with Gasteiger partial charge in [0.15, 0.2) is 0 Å². The van der Waals surface area contributed by atoms with Crippen molar-refractivity contribution < 1.29 is 4.79 Å². The Morgan fingerprint density at radius 3 is 2.54 bits per heavy atom. The van der Waals surface area contributed by atoms with Crippen LogP contribution in [0.2, 0.25) is 5.02 Å². The highest BCUT2D eigenvalue weighted by Crippen LogP contribution is 2.19. The lowest BCUT2D eigenvalue weighted by Crippen LogP contribution is -2.29. The van der Waals surface area contributed by atoms with E-state index in [-0.39, 0.29) is 5.91 Å². The summed E-state index contributed by atoms with van der Waals surface area (Å²) in [7, 11) is 0. The number of hydrogen-bond donors (Lipinski definition) is 2. The maximum atomic E-state index is 12.2. The normalized spacial score (nSPS) is 17.5. The molecule has 2 N–H and O–H groups in total. The van der Waals surface area contributed by atoms with Crippen LogP contribution in [-0.4, -0.2) is 19.0 Å². The van der Waals surface area contributed by atoms with Crippen LogP contribution in [0.3, 0.4) is 0 Å². The van der Waals surface area contributed by atoms with Crippen molar-refractivity contribution in [2.75, 3.05) is 18.4 Å². The fraction of sp³-hybridized carbons (Fsp3) is 0.350. The van der Waals surface area contributed by atoms with Crippen molar-refractivity contribution in [1.29, 1.82) is 0 Å². The fourth-order valence-corrected chi connectivity index (χ4v) is 3.23. The van der Waals surface area contributed by atoms with Crippen LogP contribution in [0.4, 0.5) is 5.69 Å². The highest BCUT2D eigenvalue weighted by molar-refractivity contribution is 6.30. The average Bonchev–Trinajstić information content (AvgIpc) is 2.62. The summed E-state index contributed by atoms with van der Waals surface area (Å²) >= 11 is 5.84. The molecule has 2 aromatic rings. The van der Waals surface area contributed by atoms with Crippen LogP contribution in [0.15, 0.2) is 48.5 Å². The van der Waals surface area contributed by atoms with E-state index >= 15 is 0 Å². The number of halogens is 1. The zero-order chi connectivity index (χ0) is 16.8. The maximum Gasteiger partial charge on any atom is 0.255 e. The molecule has 0 aromatic heterocycles. The van der Waals surface area contributed by atoms with Crippen LogP contribution in [0, 0.1) is 5.92 Å². The minimum atomic E-state index is -0.118. The number of anilines is 1. The van der Waals surface area contributed by atoms with Gasteiger partial charge in [-0.2, -0.15) is 0 Å². The molecule has 1 saturated heterocycles. The van der Waals surface area contributed by atoms with Gasteiger partial charge in [0.25, 0.3) is 5.91 Å². The summed E-state index contributed by atoms with van der Waals surface area (Å²) < 4.78 is 0. The van der Waals surface area contributed by atoms with Gasteiger partial charge in [-0.1, -0.05) is 23.7 Å². The van der Waals surface area contributed by atoms with Gasteiger partial charge in [0.2, 0.25) is 0 Å². The molecule has 1 amide bonds. The van der Waals surface area contributed by atoms with Gasteiger partial charge in [0, 0.05) is 16.3 Å². The van der Waals surface area contributed by atoms with Gasteiger partial charge >= 0.3 is 0 Å². The lowest BCUT2D eigenvalue weighted by molar-refractivity contribution is 0.102. The Hall–Kier alpha value is -1.84. The molecule has 1 atom stereocenters. The van der Waals surface area contributed by atoms with Crippen LogP contribution < -0.4 is 10.6 Å². The van der Waals surface area contributed by atoms with Crippen molar-refractivity contribution >= 4 is 23.2 Å². The monoisotopic (exact) mass is 342 g/mol. The van der Waals surface area contributed by atoms with E-state index in [0.29, 0.717) is 10.6 Å². The van der Waals surface area contributed by atoms with E-state index in [1.165, 1.54) is 31.4 Å². The predicted octanol–water partition coefficient (Wildman–Crippen LogP) is 4.52. The minimum absolute atomic E-state index is 0.118. The van der Waals surface area contributed by atoms with Gasteiger partial charge in [0.05, 0.1) is 0 Å². The molecule has 0 spiro atoms. The van der Waals surface area contributed by atoms with Crippen molar-refractivity contribution in [3.63, 3.8) is 0 Å². The zero-order valence-electron chi connectivity index (χ0n) is 13.7. The number of carbonyl (C=O) groups is 1. The average molecular weight is 343 g/mol. The van der Waals surface area contributed by atoms with Crippen LogP contribution in [0.1, 0.15) is 35.2 Å². The first-order valence-corrected chi connectivity index (χ1v) is 8.95. The number of aryl methyl sites for hydroxylation is 1. The van der Waals surface area contributed by atoms with Crippen LogP contribution in [0.5, 0.6) is 0 Å². The van der Waals surface area contributed by atoms with E-state index in [1.54, 1.807) is 24.3 Å². The number of rotatable bonds is 5. The Morgan fingerprint density at radius 1 is 1.12 bits per heavy atom. The molecule has 24 heavy (non-hydrogen) atoms. The molecule has 1 fully saturated rings. The molecular weight excluding hydrogens is 320 g/mol. The second kappa shape index (κ2) is 8.32. The van der Waals surface area contributed by atoms with E-state index in [0.717, 1.165) is 24.6 Å². The highest BCUT2D eigenvalue weighted by atomic mass is 35.5. The molecule has 0 unspecified atom stereocenters. The first-order valence-electron chi connectivity index (χ1n) is 8.57. The number of carbonyl (C=O) groups excluding carboxylic acids is 1. The summed E-state index contributed by atoms with van der Waals surface area (Å²) in [6.07, 6.45) is 4.95. The molecular formula is C20H23ClN2O. The van der Waals surface area contributed by atoms with Crippen LogP contribution in [-0.2, 0) is 6.42 Å². The third-order valence-electron chi connectivity index (χ3n) is 4.56. The molecule has 0 saturated carbocycles. The third-order valence-corrected chi connectivity index (χ3v) is 4.81. The first-order chi connectivity index (χ1) is 11.7. The molecule has 0 aliphatic carbocycles. The SMILES string of the molecule is O=C(Nc1ccc(CC[C@H]2CCCNC2)cc1)c1ccc(Cl)cc1. The Kier molecular flexibility index (Phi) is 5.89. The summed E-state index contributed by atoms with van der Waals surface area (Å²) in [5, 5.41) is 7.01. The molecule has 1 heterocycles. The van der Waals surface area contributed by atoms with Gasteiger partial charge in [-0.3, -0.25) is 4.79 Å². The Morgan fingerprint density at radius 2 is 1.88 bits per heavy atom. The molecule has 2 aromatic carbocycles. The quantitative estimate of drug-likeness (QED) is 0.838. The predicted molar refractivity (Wildman–Crippen MR) is 99.8 cm³/mol. The number of piperidine rings is 1. The number of hydrogen-bond acceptors (Lipinski definition) is 2. The standard InChI is InChI=1S/C20H23ClN2O/c21-18-9-7-17(8-10-18)20(24)23-19-11-5-15(6-12-19)3-4-16-2-1-13-22-14-16/h5-12,16,22H,1-4,13-14H2,(H,23,24)/t16-/m1/s1. The van der Waals surface area contributed by atoms with E-state index in [9.17, 15) is 4.79 Å². The molecule has 1 aliphatic rings. The lowest BCUT2D eigenvalue weighted by atomic mass is 9.93. The van der Waals surface area contributed by atoms with E-state index in [1.807, 2.05) is 12.1 Å². The van der Waals surface area contributed by atoms with Gasteiger partial charge in [-0.05, 0) is 86.7 Å². The largest absolute Gasteiger partial charge is 0.322 e. The summed E-state index contributed by atoms with van der Waals surface area (Å²) in [6.45, 7) is 2.31. The topological polar surface area (TPSA) is 41.1 Å². The second-order valence-electron chi connectivity index (χ2n) is 6.41. The minimum Gasteiger partial charge on any atom is -0.322 e. The summed E-state index contributed by atoms with van der Waals surface area (Å²) in [4.78, 5) is 12.2. The van der Waals surface area contributed by atoms with Crippen molar-refractivity contribution in [3.8, 4) is 0 Å². The number of amides is 1. The highest BCUT2D eigenvalue weighted by Gasteiger charge is 2.12. The fourth-order valence-electron chi connectivity index (χ4n) is 3.10. The molecule has 4 heteroatoms. The Labute approximate surface area is 148 Å². The second-order valence-corrected chi connectivity index (χ2v) is 6.85. The summed E-state index contributed by atoms with van der Waals surface area (Å²) in [6, 6.07) is 15.1. The van der Waals surface area contributed by atoms with E-state index in [2.05, 4.69) is 22.8 Å². The van der Waals surface area contributed by atoms with Crippen molar-refractivity contribution in [3.05, 3.63) is 64.7 Å². The van der Waals surface area contributed by atoms with Crippen LogP contribution >= 0.6 is 11.6 Å². The molecule has 3 nitrogen and oxygen atoms in total. The molecule has 1 aliphatic heterocycles. The lowest BCUT2D eigenvalue weighted by Gasteiger charge is -2.22. The molecule has 0 radical (unpaired) electrons. The van der Waals surface area contributed by atoms with Gasteiger partial charge < -0.3 is 10.6 Å². The van der Waals surface area contributed by atoms with Crippen LogP contribution in [0.25, 0.3) is 0 Å².